The minimum atomic E-state index is -0.00360. The molecule has 0 radical (unpaired) electrons. The molecule has 0 amide bonds. The molecule has 1 aromatic carbocycles. The van der Waals surface area contributed by atoms with Crippen LogP contribution in [0.2, 0.25) is 0 Å². The Bertz CT molecular complexity index is 604. The van der Waals surface area contributed by atoms with Crippen LogP contribution in [-0.4, -0.2) is 10.8 Å². The van der Waals surface area contributed by atoms with Crippen LogP contribution in [-0.2, 0) is 5.41 Å². The topological polar surface area (TPSA) is 30.0 Å². The zero-order chi connectivity index (χ0) is 14.6. The van der Waals surface area contributed by atoms with Gasteiger partial charge in [-0.2, -0.15) is 0 Å². The summed E-state index contributed by atoms with van der Waals surface area (Å²) in [6.07, 6.45) is 5.01. The fraction of sp³-hybridized carbons (Fsp3) is 0.222. The normalized spacial score (nSPS) is 11.8. The Morgan fingerprint density at radius 2 is 1.75 bits per heavy atom. The van der Waals surface area contributed by atoms with Crippen LogP contribution in [0.25, 0.3) is 6.08 Å². The summed E-state index contributed by atoms with van der Waals surface area (Å²) in [5.74, 6) is -0.00360. The Morgan fingerprint density at radius 3 is 2.30 bits per heavy atom. The lowest BCUT2D eigenvalue weighted by atomic mass is 9.86. The first-order valence-electron chi connectivity index (χ1n) is 6.71. The summed E-state index contributed by atoms with van der Waals surface area (Å²) in [4.78, 5) is 16.2. The largest absolute Gasteiger partial charge is 0.289 e. The van der Waals surface area contributed by atoms with Gasteiger partial charge in [0.25, 0.3) is 0 Å². The summed E-state index contributed by atoms with van der Waals surface area (Å²) in [7, 11) is 0. The van der Waals surface area contributed by atoms with E-state index in [4.69, 9.17) is 0 Å². The van der Waals surface area contributed by atoms with E-state index in [0.717, 1.165) is 5.69 Å². The number of carbonyl (C=O) groups is 1. The predicted octanol–water partition coefficient (Wildman–Crippen LogP) is 4.28. The van der Waals surface area contributed by atoms with Crippen LogP contribution in [0, 0.1) is 0 Å². The van der Waals surface area contributed by atoms with Crippen LogP contribution in [0.5, 0.6) is 0 Å². The molecule has 20 heavy (non-hydrogen) atoms. The molecule has 0 unspecified atom stereocenters. The van der Waals surface area contributed by atoms with Crippen LogP contribution in [0.4, 0.5) is 0 Å². The van der Waals surface area contributed by atoms with Crippen molar-refractivity contribution in [2.45, 2.75) is 26.2 Å². The van der Waals surface area contributed by atoms with Crippen LogP contribution in [0.1, 0.15) is 42.4 Å². The van der Waals surface area contributed by atoms with E-state index in [9.17, 15) is 4.79 Å². The summed E-state index contributed by atoms with van der Waals surface area (Å²) in [6.45, 7) is 6.47. The lowest BCUT2D eigenvalue weighted by Crippen LogP contribution is -2.11. The maximum atomic E-state index is 12.1. The monoisotopic (exact) mass is 265 g/mol. The van der Waals surface area contributed by atoms with Crippen LogP contribution < -0.4 is 0 Å². The van der Waals surface area contributed by atoms with E-state index < -0.39 is 0 Å². The first kappa shape index (κ1) is 14.2. The highest BCUT2D eigenvalue weighted by molar-refractivity contribution is 6.06. The van der Waals surface area contributed by atoms with Crippen molar-refractivity contribution in [1.82, 2.24) is 4.98 Å². The SMILES string of the molecule is CC(C)(C)c1ccc(C(=O)/C=C/c2ccccn2)cc1. The molecule has 0 saturated carbocycles. The van der Waals surface area contributed by atoms with Crippen molar-refractivity contribution >= 4 is 11.9 Å². The first-order chi connectivity index (χ1) is 9.47. The van der Waals surface area contributed by atoms with Crippen molar-refractivity contribution < 1.29 is 4.79 Å². The van der Waals surface area contributed by atoms with Gasteiger partial charge in [-0.25, -0.2) is 0 Å². The van der Waals surface area contributed by atoms with Crippen LogP contribution >= 0.6 is 0 Å². The number of hydrogen-bond donors (Lipinski definition) is 0. The summed E-state index contributed by atoms with van der Waals surface area (Å²) in [5, 5.41) is 0. The zero-order valence-electron chi connectivity index (χ0n) is 12.1. The highest BCUT2D eigenvalue weighted by atomic mass is 16.1. The molecule has 0 aliphatic rings. The lowest BCUT2D eigenvalue weighted by molar-refractivity contribution is 0.104. The Balaban J connectivity index is 2.12. The van der Waals surface area contributed by atoms with Crippen molar-refractivity contribution in [2.75, 3.05) is 0 Å². The van der Waals surface area contributed by atoms with Gasteiger partial charge < -0.3 is 0 Å². The minimum absolute atomic E-state index is 0.00360. The molecule has 0 aliphatic heterocycles. The Hall–Kier alpha value is -2.22. The van der Waals surface area contributed by atoms with Crippen LogP contribution in [0.3, 0.4) is 0 Å². The summed E-state index contributed by atoms with van der Waals surface area (Å²) < 4.78 is 0. The second-order valence-corrected chi connectivity index (χ2v) is 5.78. The van der Waals surface area contributed by atoms with Gasteiger partial charge in [-0.1, -0.05) is 51.1 Å². The van der Waals surface area contributed by atoms with E-state index in [1.165, 1.54) is 5.56 Å². The highest BCUT2D eigenvalue weighted by Gasteiger charge is 2.13. The number of nitrogens with zero attached hydrogens (tertiary/aromatic N) is 1. The van der Waals surface area contributed by atoms with Gasteiger partial charge in [0.1, 0.15) is 0 Å². The van der Waals surface area contributed by atoms with Gasteiger partial charge in [-0.3, -0.25) is 9.78 Å². The number of aromatic nitrogens is 1. The number of benzene rings is 1. The zero-order valence-corrected chi connectivity index (χ0v) is 12.1. The number of rotatable bonds is 3. The molecule has 2 aromatic rings. The van der Waals surface area contributed by atoms with Crippen LogP contribution in [0.15, 0.2) is 54.7 Å². The number of pyridine rings is 1. The fourth-order valence-corrected chi connectivity index (χ4v) is 1.87. The van der Waals surface area contributed by atoms with Crippen molar-refractivity contribution in [3.63, 3.8) is 0 Å². The van der Waals surface area contributed by atoms with E-state index in [1.54, 1.807) is 18.3 Å². The third kappa shape index (κ3) is 3.64. The predicted molar refractivity (Wildman–Crippen MR) is 82.7 cm³/mol. The fourth-order valence-electron chi connectivity index (χ4n) is 1.87. The van der Waals surface area contributed by atoms with Gasteiger partial charge in [-0.15, -0.1) is 0 Å². The Labute approximate surface area is 120 Å². The van der Waals surface area contributed by atoms with Crippen molar-refractivity contribution in [1.29, 1.82) is 0 Å². The molecule has 0 bridgehead atoms. The maximum Gasteiger partial charge on any atom is 0.185 e. The third-order valence-electron chi connectivity index (χ3n) is 3.13. The molecular weight excluding hydrogens is 246 g/mol. The Morgan fingerprint density at radius 1 is 1.05 bits per heavy atom. The molecule has 0 spiro atoms. The molecule has 2 heteroatoms. The van der Waals surface area contributed by atoms with Gasteiger partial charge >= 0.3 is 0 Å². The van der Waals surface area contributed by atoms with Gasteiger partial charge in [0.2, 0.25) is 0 Å². The smallest absolute Gasteiger partial charge is 0.185 e. The van der Waals surface area contributed by atoms with Gasteiger partial charge in [0.05, 0.1) is 5.69 Å². The molecule has 0 N–H and O–H groups in total. The number of allylic oxidation sites excluding steroid dienone is 1. The second kappa shape index (κ2) is 5.83. The molecule has 2 nitrogen and oxygen atoms in total. The first-order valence-corrected chi connectivity index (χ1v) is 6.71. The van der Waals surface area contributed by atoms with Crippen molar-refractivity contribution in [2.24, 2.45) is 0 Å². The summed E-state index contributed by atoms with van der Waals surface area (Å²) >= 11 is 0. The molecule has 0 atom stereocenters. The maximum absolute atomic E-state index is 12.1. The third-order valence-corrected chi connectivity index (χ3v) is 3.13. The quantitative estimate of drug-likeness (QED) is 0.612. The summed E-state index contributed by atoms with van der Waals surface area (Å²) in [5.41, 5.74) is 2.81. The van der Waals surface area contributed by atoms with E-state index in [-0.39, 0.29) is 11.2 Å². The standard InChI is InChI=1S/C18H19NO/c1-18(2,3)15-9-7-14(8-10-15)17(20)12-11-16-6-4-5-13-19-16/h4-13H,1-3H3/b12-11+. The highest BCUT2D eigenvalue weighted by Crippen LogP contribution is 2.22. The number of hydrogen-bond acceptors (Lipinski definition) is 2. The number of ketones is 1. The molecule has 0 fully saturated rings. The van der Waals surface area contributed by atoms with E-state index in [2.05, 4.69) is 25.8 Å². The van der Waals surface area contributed by atoms with Gasteiger partial charge in [-0.05, 0) is 35.3 Å². The van der Waals surface area contributed by atoms with Gasteiger partial charge in [0.15, 0.2) is 5.78 Å². The molecule has 102 valence electrons. The summed E-state index contributed by atoms with van der Waals surface area (Å²) in [6, 6.07) is 13.4. The molecule has 1 aromatic heterocycles. The molecule has 2 rings (SSSR count). The second-order valence-electron chi connectivity index (χ2n) is 5.78. The molecule has 1 heterocycles. The van der Waals surface area contributed by atoms with E-state index in [1.807, 2.05) is 42.5 Å². The average molecular weight is 265 g/mol. The average Bonchev–Trinajstić information content (AvgIpc) is 2.45. The number of carbonyl (C=O) groups excluding carboxylic acids is 1. The van der Waals surface area contributed by atoms with Crippen molar-refractivity contribution in [3.05, 3.63) is 71.6 Å². The lowest BCUT2D eigenvalue weighted by Gasteiger charge is -2.18. The molecule has 0 saturated heterocycles. The van der Waals surface area contributed by atoms with Crippen molar-refractivity contribution in [3.8, 4) is 0 Å². The molecule has 0 aliphatic carbocycles. The minimum Gasteiger partial charge on any atom is -0.289 e. The van der Waals surface area contributed by atoms with Gasteiger partial charge in [0, 0.05) is 11.8 Å². The molecular formula is C18H19NO. The van der Waals surface area contributed by atoms with E-state index >= 15 is 0 Å². The Kier molecular flexibility index (Phi) is 4.14. The van der Waals surface area contributed by atoms with E-state index in [0.29, 0.717) is 5.56 Å².